The summed E-state index contributed by atoms with van der Waals surface area (Å²) in [6, 6.07) is 7.30. The number of methoxy groups -OCH3 is 1. The number of hydrogen-bond acceptors (Lipinski definition) is 4. The van der Waals surface area contributed by atoms with Crippen LogP contribution in [0.4, 0.5) is 0 Å². The predicted molar refractivity (Wildman–Crippen MR) is 97.7 cm³/mol. The minimum absolute atomic E-state index is 0.0337. The van der Waals surface area contributed by atoms with Gasteiger partial charge in [0.1, 0.15) is 17.2 Å². The first-order valence-corrected chi connectivity index (χ1v) is 9.73. The number of hydrogen-bond donors (Lipinski definition) is 1. The highest BCUT2D eigenvalue weighted by Gasteiger charge is 2.40. The van der Waals surface area contributed by atoms with Gasteiger partial charge in [-0.1, -0.05) is 12.1 Å². The molecule has 2 aliphatic heterocycles. The Morgan fingerprint density at radius 3 is 2.52 bits per heavy atom. The minimum Gasteiger partial charge on any atom is -0.497 e. The molecule has 25 heavy (non-hydrogen) atoms. The van der Waals surface area contributed by atoms with Crippen LogP contribution in [0, 0.1) is 0 Å². The van der Waals surface area contributed by atoms with Crippen LogP contribution < -0.4 is 9.64 Å². The van der Waals surface area contributed by atoms with Crippen molar-refractivity contribution in [1.29, 1.82) is 0 Å². The zero-order valence-electron chi connectivity index (χ0n) is 15.0. The molecule has 0 bridgehead atoms. The number of ether oxygens (including phenoxy) is 1. The van der Waals surface area contributed by atoms with Crippen molar-refractivity contribution in [2.24, 2.45) is 0 Å². The molecule has 1 aromatic rings. The van der Waals surface area contributed by atoms with E-state index in [1.807, 2.05) is 36.1 Å². The van der Waals surface area contributed by atoms with E-state index in [1.165, 1.54) is 4.90 Å². The molecule has 0 aliphatic carbocycles. The van der Waals surface area contributed by atoms with Gasteiger partial charge < -0.3 is 19.4 Å². The number of nitrogens with one attached hydrogen (secondary N) is 1. The molecule has 2 heterocycles. The zero-order chi connectivity index (χ0) is 18.0. The van der Waals surface area contributed by atoms with Gasteiger partial charge in [-0.05, 0) is 24.6 Å². The fourth-order valence-corrected chi connectivity index (χ4v) is 4.63. The van der Waals surface area contributed by atoms with Gasteiger partial charge in [0.25, 0.3) is 0 Å². The largest absolute Gasteiger partial charge is 0.497 e. The Morgan fingerprint density at radius 1 is 1.28 bits per heavy atom. The number of thioether (sulfide) groups is 1. The molecular formula is C18H26N3O3S+. The topological polar surface area (TPSA) is 54.3 Å². The first kappa shape index (κ1) is 18.1. The molecule has 2 aliphatic rings. The van der Waals surface area contributed by atoms with E-state index in [0.717, 1.165) is 37.5 Å². The van der Waals surface area contributed by atoms with E-state index in [-0.39, 0.29) is 17.2 Å². The second-order valence-electron chi connectivity index (χ2n) is 6.70. The van der Waals surface area contributed by atoms with Gasteiger partial charge in [0, 0.05) is 0 Å². The number of quaternary nitrogens is 1. The molecule has 0 unspecified atom stereocenters. The monoisotopic (exact) mass is 364 g/mol. The summed E-state index contributed by atoms with van der Waals surface area (Å²) in [6.07, 6.45) is 0. The highest BCUT2D eigenvalue weighted by atomic mass is 32.2. The molecule has 2 atom stereocenters. The number of amides is 2. The number of carbonyl (C=O) groups excluding carboxylic acids is 2. The molecule has 2 saturated heterocycles. The third-order valence-electron chi connectivity index (χ3n) is 5.01. The van der Waals surface area contributed by atoms with E-state index in [2.05, 4.69) is 7.05 Å². The maximum atomic E-state index is 12.9. The summed E-state index contributed by atoms with van der Waals surface area (Å²) in [4.78, 5) is 30.5. The van der Waals surface area contributed by atoms with Gasteiger partial charge in [-0.25, -0.2) is 0 Å². The van der Waals surface area contributed by atoms with E-state index in [9.17, 15) is 9.59 Å². The summed E-state index contributed by atoms with van der Waals surface area (Å²) >= 11 is 1.58. The van der Waals surface area contributed by atoms with Crippen molar-refractivity contribution in [3.63, 3.8) is 0 Å². The van der Waals surface area contributed by atoms with Crippen molar-refractivity contribution in [2.45, 2.75) is 18.3 Å². The van der Waals surface area contributed by atoms with Crippen molar-refractivity contribution in [2.75, 3.05) is 46.1 Å². The van der Waals surface area contributed by atoms with E-state index in [1.54, 1.807) is 23.8 Å². The second-order valence-corrected chi connectivity index (χ2v) is 7.76. The lowest BCUT2D eigenvalue weighted by atomic mass is 10.1. The van der Waals surface area contributed by atoms with Crippen molar-refractivity contribution < 1.29 is 19.2 Å². The molecule has 3 rings (SSSR count). The van der Waals surface area contributed by atoms with Crippen LogP contribution in [0.25, 0.3) is 0 Å². The van der Waals surface area contributed by atoms with Crippen LogP contribution in [0.1, 0.15) is 17.9 Å². The lowest BCUT2D eigenvalue weighted by Gasteiger charge is -2.36. The number of likely N-dealkylation sites (N-methyl/N-ethyl adjacent to an activating group) is 1. The van der Waals surface area contributed by atoms with Gasteiger partial charge >= 0.3 is 0 Å². The summed E-state index contributed by atoms with van der Waals surface area (Å²) in [6.45, 7) is 5.30. The van der Waals surface area contributed by atoms with Crippen LogP contribution in [0.3, 0.4) is 0 Å². The second kappa shape index (κ2) is 7.66. The number of benzene rings is 1. The summed E-state index contributed by atoms with van der Waals surface area (Å²) < 4.78 is 5.20. The highest BCUT2D eigenvalue weighted by molar-refractivity contribution is 8.00. The average molecular weight is 364 g/mol. The van der Waals surface area contributed by atoms with Gasteiger partial charge in [0.05, 0.1) is 46.1 Å². The van der Waals surface area contributed by atoms with Crippen LogP contribution >= 0.6 is 11.8 Å². The van der Waals surface area contributed by atoms with Gasteiger partial charge in [0.2, 0.25) is 11.8 Å². The van der Waals surface area contributed by atoms with Crippen LogP contribution in [0.2, 0.25) is 0 Å². The number of nitrogens with zero attached hydrogens (tertiary/aromatic N) is 2. The Kier molecular flexibility index (Phi) is 5.54. The summed E-state index contributed by atoms with van der Waals surface area (Å²) in [5, 5.41) is -0.115. The molecule has 2 fully saturated rings. The Balaban J connectivity index is 1.75. The summed E-state index contributed by atoms with van der Waals surface area (Å²) in [7, 11) is 3.78. The maximum Gasteiger partial charge on any atom is 0.245 e. The molecule has 1 N–H and O–H groups in total. The molecule has 7 heteroatoms. The molecule has 0 aromatic heterocycles. The fraction of sp³-hybridized carbons (Fsp3) is 0.556. The third-order valence-corrected chi connectivity index (χ3v) is 6.24. The van der Waals surface area contributed by atoms with Gasteiger partial charge in [-0.2, -0.15) is 0 Å². The molecule has 1 aromatic carbocycles. The number of piperazine rings is 1. The lowest BCUT2D eigenvalue weighted by Crippen LogP contribution is -3.12. The van der Waals surface area contributed by atoms with Gasteiger partial charge in [-0.15, -0.1) is 11.8 Å². The predicted octanol–water partition coefficient (Wildman–Crippen LogP) is 0.0146. The molecule has 136 valence electrons. The van der Waals surface area contributed by atoms with E-state index < -0.39 is 6.04 Å². The van der Waals surface area contributed by atoms with Crippen molar-refractivity contribution >= 4 is 23.6 Å². The Morgan fingerprint density at radius 2 is 1.92 bits per heavy atom. The molecular weight excluding hydrogens is 338 g/mol. The normalized spacial score (nSPS) is 23.0. The van der Waals surface area contributed by atoms with Crippen molar-refractivity contribution in [3.05, 3.63) is 29.8 Å². The van der Waals surface area contributed by atoms with Gasteiger partial charge in [-0.3, -0.25) is 9.59 Å². The first-order valence-electron chi connectivity index (χ1n) is 8.68. The summed E-state index contributed by atoms with van der Waals surface area (Å²) in [5.41, 5.74) is 1.03. The van der Waals surface area contributed by atoms with E-state index in [4.69, 9.17) is 4.74 Å². The lowest BCUT2D eigenvalue weighted by molar-refractivity contribution is -0.883. The molecule has 0 radical (unpaired) electrons. The van der Waals surface area contributed by atoms with Gasteiger partial charge in [0.15, 0.2) is 0 Å². The maximum absolute atomic E-state index is 12.9. The van der Waals surface area contributed by atoms with Crippen LogP contribution in [-0.4, -0.2) is 73.7 Å². The molecule has 0 spiro atoms. The minimum atomic E-state index is -0.437. The molecule has 2 amide bonds. The van der Waals surface area contributed by atoms with E-state index >= 15 is 0 Å². The molecule has 6 nitrogen and oxygen atoms in total. The Hall–Kier alpha value is -1.73. The standard InChI is InChI=1S/C18H25N3O3S/c1-13(17(23)20-10-8-19(2)9-11-20)21-16(22)12-25-18(21)14-4-6-15(24-3)7-5-14/h4-7,13,18H,8-12H2,1-3H3/p+1/t13-,18+/m0/s1. The smallest absolute Gasteiger partial charge is 0.245 e. The van der Waals surface area contributed by atoms with Crippen LogP contribution in [0.15, 0.2) is 24.3 Å². The summed E-state index contributed by atoms with van der Waals surface area (Å²) in [5.74, 6) is 1.29. The SMILES string of the molecule is COc1ccc([C@H]2SCC(=O)N2[C@@H](C)C(=O)N2CC[NH+](C)CC2)cc1. The fourth-order valence-electron chi connectivity index (χ4n) is 3.37. The van der Waals surface area contributed by atoms with Crippen LogP contribution in [-0.2, 0) is 9.59 Å². The first-order chi connectivity index (χ1) is 12.0. The van der Waals surface area contributed by atoms with E-state index in [0.29, 0.717) is 5.75 Å². The molecule has 0 saturated carbocycles. The average Bonchev–Trinajstić information content (AvgIpc) is 3.02. The Bertz CT molecular complexity index is 629. The third kappa shape index (κ3) is 3.77. The van der Waals surface area contributed by atoms with Crippen LogP contribution in [0.5, 0.6) is 5.75 Å². The highest BCUT2D eigenvalue weighted by Crippen LogP contribution is 2.40. The van der Waals surface area contributed by atoms with Crippen molar-refractivity contribution in [3.8, 4) is 5.75 Å². The number of rotatable bonds is 4. The number of carbonyl (C=O) groups is 2. The Labute approximate surface area is 153 Å². The quantitative estimate of drug-likeness (QED) is 0.818. The zero-order valence-corrected chi connectivity index (χ0v) is 15.8. The van der Waals surface area contributed by atoms with Crippen molar-refractivity contribution in [1.82, 2.24) is 9.80 Å².